The number of pyridine rings is 1. The van der Waals surface area contributed by atoms with E-state index in [1.807, 2.05) is 23.1 Å². The number of hydrogen-bond acceptors (Lipinski definition) is 5. The Bertz CT molecular complexity index is 1150. The Hall–Kier alpha value is -3.07. The first kappa shape index (κ1) is 21.8. The molecule has 1 aromatic carbocycles. The number of benzene rings is 1. The van der Waals surface area contributed by atoms with E-state index in [-0.39, 0.29) is 5.91 Å². The second-order valence-corrected chi connectivity index (χ2v) is 8.78. The van der Waals surface area contributed by atoms with Crippen molar-refractivity contribution in [3.63, 3.8) is 0 Å². The maximum atomic E-state index is 13.3. The number of amides is 1. The largest absolute Gasteiger partial charge is 0.417 e. The van der Waals surface area contributed by atoms with Crippen LogP contribution in [0.5, 0.6) is 0 Å². The maximum Gasteiger partial charge on any atom is 0.417 e. The third-order valence-corrected chi connectivity index (χ3v) is 6.51. The number of anilines is 1. The average Bonchev–Trinajstić information content (AvgIpc) is 3.48. The number of nitrogens with zero attached hydrogens (tertiary/aromatic N) is 4. The molecule has 0 atom stereocenters. The standard InChI is InChI=1S/C23H20ClF3N4O2/c24-17-4-1-15(2-5-17)18-13-19(29-33-18)22(7-8-22)21(32)31-11-9-30(10-12-31)20-6-3-16(14-28-20)23(25,26)27/h1-6,13-14H,7-12H2. The van der Waals surface area contributed by atoms with Gasteiger partial charge in [-0.1, -0.05) is 16.8 Å². The molecule has 6 nitrogen and oxygen atoms in total. The number of carbonyl (C=O) groups is 1. The number of rotatable bonds is 4. The van der Waals surface area contributed by atoms with Crippen molar-refractivity contribution >= 4 is 23.3 Å². The molecule has 172 valence electrons. The number of alkyl halides is 3. The zero-order valence-corrected chi connectivity index (χ0v) is 18.2. The summed E-state index contributed by atoms with van der Waals surface area (Å²) in [6.45, 7) is 1.92. The van der Waals surface area contributed by atoms with Crippen molar-refractivity contribution in [2.45, 2.75) is 24.4 Å². The molecule has 3 heterocycles. The third kappa shape index (κ3) is 4.17. The molecule has 10 heteroatoms. The number of piperazine rings is 1. The van der Waals surface area contributed by atoms with Gasteiger partial charge in [0.2, 0.25) is 5.91 Å². The molecule has 1 saturated carbocycles. The van der Waals surface area contributed by atoms with Crippen LogP contribution in [-0.4, -0.2) is 47.1 Å². The molecule has 1 aliphatic heterocycles. The molecular weight excluding hydrogens is 457 g/mol. The van der Waals surface area contributed by atoms with Crippen LogP contribution < -0.4 is 4.90 Å². The van der Waals surface area contributed by atoms with Crippen LogP contribution in [-0.2, 0) is 16.4 Å². The quantitative estimate of drug-likeness (QED) is 0.542. The van der Waals surface area contributed by atoms with Crippen molar-refractivity contribution in [3.05, 3.63) is 64.9 Å². The molecule has 1 aliphatic carbocycles. The highest BCUT2D eigenvalue weighted by molar-refractivity contribution is 6.30. The fourth-order valence-corrected chi connectivity index (χ4v) is 4.26. The lowest BCUT2D eigenvalue weighted by Crippen LogP contribution is -2.51. The van der Waals surface area contributed by atoms with Crippen molar-refractivity contribution in [2.75, 3.05) is 31.1 Å². The number of hydrogen-bond donors (Lipinski definition) is 0. The Balaban J connectivity index is 1.24. The first-order chi connectivity index (χ1) is 15.8. The highest BCUT2D eigenvalue weighted by atomic mass is 35.5. The topological polar surface area (TPSA) is 62.5 Å². The summed E-state index contributed by atoms with van der Waals surface area (Å²) < 4.78 is 43.8. The van der Waals surface area contributed by atoms with Crippen molar-refractivity contribution in [2.24, 2.45) is 0 Å². The number of aromatic nitrogens is 2. The van der Waals surface area contributed by atoms with E-state index in [1.54, 1.807) is 17.0 Å². The molecule has 0 bridgehead atoms. The summed E-state index contributed by atoms with van der Waals surface area (Å²) in [4.78, 5) is 21.0. The Morgan fingerprint density at radius 3 is 2.30 bits per heavy atom. The van der Waals surface area contributed by atoms with Gasteiger partial charge in [-0.25, -0.2) is 4.98 Å². The number of carbonyl (C=O) groups excluding carboxylic acids is 1. The van der Waals surface area contributed by atoms with E-state index in [9.17, 15) is 18.0 Å². The minimum absolute atomic E-state index is 0.0125. The first-order valence-electron chi connectivity index (χ1n) is 10.6. The molecule has 0 radical (unpaired) electrons. The zero-order chi connectivity index (χ0) is 23.2. The lowest BCUT2D eigenvalue weighted by Gasteiger charge is -2.37. The number of halogens is 4. The minimum Gasteiger partial charge on any atom is -0.356 e. The molecule has 1 amide bonds. The second kappa shape index (κ2) is 8.06. The van der Waals surface area contributed by atoms with Gasteiger partial charge in [-0.15, -0.1) is 0 Å². The smallest absolute Gasteiger partial charge is 0.356 e. The molecule has 3 aromatic rings. The highest BCUT2D eigenvalue weighted by Crippen LogP contribution is 2.50. The van der Waals surface area contributed by atoms with E-state index < -0.39 is 17.2 Å². The summed E-state index contributed by atoms with van der Waals surface area (Å²) in [6.07, 6.45) is -2.16. The van der Waals surface area contributed by atoms with Crippen molar-refractivity contribution in [3.8, 4) is 11.3 Å². The molecule has 0 N–H and O–H groups in total. The van der Waals surface area contributed by atoms with Crippen molar-refractivity contribution < 1.29 is 22.5 Å². The fourth-order valence-electron chi connectivity index (χ4n) is 4.14. The zero-order valence-electron chi connectivity index (χ0n) is 17.5. The molecule has 2 fully saturated rings. The molecular formula is C23H20ClF3N4O2. The van der Waals surface area contributed by atoms with Crippen LogP contribution >= 0.6 is 11.6 Å². The van der Waals surface area contributed by atoms with Crippen LogP contribution in [0.1, 0.15) is 24.1 Å². The van der Waals surface area contributed by atoms with E-state index >= 15 is 0 Å². The van der Waals surface area contributed by atoms with Gasteiger partial charge in [-0.05, 0) is 49.2 Å². The van der Waals surface area contributed by atoms with Crippen LogP contribution in [0.15, 0.2) is 53.2 Å². The van der Waals surface area contributed by atoms with Crippen molar-refractivity contribution in [1.82, 2.24) is 15.0 Å². The molecule has 2 aromatic heterocycles. The van der Waals surface area contributed by atoms with E-state index in [0.717, 1.165) is 17.8 Å². The molecule has 1 saturated heterocycles. The monoisotopic (exact) mass is 476 g/mol. The van der Waals surface area contributed by atoms with Gasteiger partial charge in [-0.2, -0.15) is 13.2 Å². The van der Waals surface area contributed by atoms with E-state index in [0.29, 0.717) is 61.3 Å². The normalized spacial score (nSPS) is 17.8. The summed E-state index contributed by atoms with van der Waals surface area (Å²) in [5, 5.41) is 4.81. The predicted octanol–water partition coefficient (Wildman–Crippen LogP) is 4.79. The Kier molecular flexibility index (Phi) is 5.31. The van der Waals surface area contributed by atoms with Crippen LogP contribution in [0.25, 0.3) is 11.3 Å². The van der Waals surface area contributed by atoms with E-state index in [2.05, 4.69) is 10.1 Å². The molecule has 5 rings (SSSR count). The fraction of sp³-hybridized carbons (Fsp3) is 0.348. The summed E-state index contributed by atoms with van der Waals surface area (Å²) in [5.74, 6) is 1.07. The van der Waals surface area contributed by atoms with Gasteiger partial charge in [0.05, 0.1) is 16.7 Å². The third-order valence-electron chi connectivity index (χ3n) is 6.25. The Labute approximate surface area is 192 Å². The van der Waals surface area contributed by atoms with Crippen LogP contribution in [0, 0.1) is 0 Å². The SMILES string of the molecule is O=C(N1CCN(c2ccc(C(F)(F)F)cn2)CC1)C1(c2cc(-c3ccc(Cl)cc3)on2)CC1. The molecule has 0 unspecified atom stereocenters. The van der Waals surface area contributed by atoms with Gasteiger partial charge < -0.3 is 14.3 Å². The second-order valence-electron chi connectivity index (χ2n) is 8.35. The lowest BCUT2D eigenvalue weighted by atomic mass is 9.99. The van der Waals surface area contributed by atoms with Gasteiger partial charge in [0.25, 0.3) is 0 Å². The molecule has 0 spiro atoms. The Morgan fingerprint density at radius 1 is 1.03 bits per heavy atom. The van der Waals surface area contributed by atoms with Crippen LogP contribution in [0.2, 0.25) is 5.02 Å². The highest BCUT2D eigenvalue weighted by Gasteiger charge is 2.55. The van der Waals surface area contributed by atoms with Gasteiger partial charge in [0.15, 0.2) is 5.76 Å². The predicted molar refractivity (Wildman–Crippen MR) is 116 cm³/mol. The van der Waals surface area contributed by atoms with Gasteiger partial charge in [-0.3, -0.25) is 4.79 Å². The summed E-state index contributed by atoms with van der Waals surface area (Å²) in [6, 6.07) is 11.4. The Morgan fingerprint density at radius 2 is 1.73 bits per heavy atom. The maximum absolute atomic E-state index is 13.3. The average molecular weight is 477 g/mol. The van der Waals surface area contributed by atoms with E-state index in [4.69, 9.17) is 16.1 Å². The van der Waals surface area contributed by atoms with Crippen LogP contribution in [0.4, 0.5) is 19.0 Å². The first-order valence-corrected chi connectivity index (χ1v) is 10.9. The molecule has 33 heavy (non-hydrogen) atoms. The minimum atomic E-state index is -4.41. The van der Waals surface area contributed by atoms with Crippen LogP contribution in [0.3, 0.4) is 0 Å². The van der Waals surface area contributed by atoms with Gasteiger partial charge in [0, 0.05) is 49.0 Å². The summed E-state index contributed by atoms with van der Waals surface area (Å²) in [7, 11) is 0. The molecule has 2 aliphatic rings. The summed E-state index contributed by atoms with van der Waals surface area (Å²) >= 11 is 5.94. The van der Waals surface area contributed by atoms with Gasteiger partial charge >= 0.3 is 6.18 Å². The summed E-state index contributed by atoms with van der Waals surface area (Å²) in [5.41, 5.74) is 0.0211. The van der Waals surface area contributed by atoms with Gasteiger partial charge in [0.1, 0.15) is 5.82 Å². The lowest BCUT2D eigenvalue weighted by molar-refractivity contribution is -0.138. The van der Waals surface area contributed by atoms with Crippen molar-refractivity contribution in [1.29, 1.82) is 0 Å². The van der Waals surface area contributed by atoms with E-state index in [1.165, 1.54) is 6.07 Å².